The summed E-state index contributed by atoms with van der Waals surface area (Å²) in [5.74, 6) is 1.12. The number of nitrogen functional groups attached to an aromatic ring is 1. The Kier molecular flexibility index (Phi) is 7.67. The van der Waals surface area contributed by atoms with Crippen molar-refractivity contribution in [3.05, 3.63) is 37.7 Å². The monoisotopic (exact) mass is 674 g/mol. The van der Waals surface area contributed by atoms with Gasteiger partial charge in [0.25, 0.3) is 0 Å². The minimum Gasteiger partial charge on any atom is -0.471 e. The number of ether oxygens (including phenoxy) is 3. The summed E-state index contributed by atoms with van der Waals surface area (Å²) in [6.07, 6.45) is 6.57. The molecular weight excluding hydrogens is 632 g/mol. The standard InChI is InChI=1S/C34H42N8O5S/c1-17-14-19(16-45-17)42-31-26(41(4)33(42)43)32(46-18(2)25-22(44-5)10-13-40(25)3)38-30(37-31)27-20-8-6-11-34(28(20)39-47-27)12-7-9-23-24(34)21(15-35)29(36)48-23/h17-19,22,25H,6-14,16,36H2,1-5H3/t17-,18-,19+,22-,25+,34-/m0/s1. The lowest BCUT2D eigenvalue weighted by atomic mass is 9.62. The van der Waals surface area contributed by atoms with E-state index in [1.54, 1.807) is 23.3 Å². The lowest BCUT2D eigenvalue weighted by molar-refractivity contribution is 0.0178. The van der Waals surface area contributed by atoms with Gasteiger partial charge in [0.15, 0.2) is 11.2 Å². The van der Waals surface area contributed by atoms with Crippen molar-refractivity contribution in [2.75, 3.05) is 33.0 Å². The Balaban J connectivity index is 1.30. The van der Waals surface area contributed by atoms with Crippen LogP contribution in [0, 0.1) is 11.3 Å². The minimum absolute atomic E-state index is 0.00238. The Morgan fingerprint density at radius 2 is 2.00 bits per heavy atom. The molecule has 4 aliphatic rings. The molecule has 6 heterocycles. The van der Waals surface area contributed by atoms with Gasteiger partial charge in [-0.05, 0) is 77.8 Å². The maximum Gasteiger partial charge on any atom is 0.330 e. The Labute approximate surface area is 282 Å². The van der Waals surface area contributed by atoms with Crippen LogP contribution in [0.5, 0.6) is 5.88 Å². The largest absolute Gasteiger partial charge is 0.471 e. The fourth-order valence-corrected chi connectivity index (χ4v) is 10.2. The summed E-state index contributed by atoms with van der Waals surface area (Å²) in [5.41, 5.74) is 10.1. The molecule has 0 aromatic carbocycles. The fraction of sp³-hybridized carbons (Fsp3) is 0.618. The van der Waals surface area contributed by atoms with Crippen molar-refractivity contribution in [3.63, 3.8) is 0 Å². The molecule has 2 saturated heterocycles. The van der Waals surface area contributed by atoms with E-state index in [1.807, 2.05) is 13.8 Å². The molecule has 6 atom stereocenters. The number of aromatic nitrogens is 5. The molecule has 4 aromatic heterocycles. The van der Waals surface area contributed by atoms with Gasteiger partial charge in [0.05, 0.1) is 42.2 Å². The highest BCUT2D eigenvalue weighted by atomic mass is 32.1. The van der Waals surface area contributed by atoms with Crippen LogP contribution in [0.1, 0.15) is 85.7 Å². The third-order valence-electron chi connectivity index (χ3n) is 11.3. The first-order chi connectivity index (χ1) is 23.2. The number of hydrogen-bond donors (Lipinski definition) is 1. The predicted molar refractivity (Wildman–Crippen MR) is 179 cm³/mol. The summed E-state index contributed by atoms with van der Waals surface area (Å²) in [6, 6.07) is 2.22. The number of anilines is 1. The number of nitrogens with zero attached hydrogens (tertiary/aromatic N) is 7. The summed E-state index contributed by atoms with van der Waals surface area (Å²) in [4.78, 5) is 27.4. The second-order valence-electron chi connectivity index (χ2n) is 14.0. The number of likely N-dealkylation sites (tertiary alicyclic amines) is 1. The van der Waals surface area contributed by atoms with Gasteiger partial charge in [-0.3, -0.25) is 14.0 Å². The molecular formula is C34H42N8O5S. The van der Waals surface area contributed by atoms with Crippen molar-refractivity contribution in [2.45, 2.75) is 101 Å². The number of thiophene rings is 1. The topological polar surface area (TPSA) is 159 Å². The van der Waals surface area contributed by atoms with E-state index in [0.29, 0.717) is 52.2 Å². The van der Waals surface area contributed by atoms with Crippen LogP contribution < -0.4 is 16.2 Å². The van der Waals surface area contributed by atoms with Crippen LogP contribution in [-0.2, 0) is 34.8 Å². The molecule has 0 amide bonds. The number of fused-ring (bicyclic) bond motifs is 5. The molecule has 2 aliphatic heterocycles. The highest BCUT2D eigenvalue weighted by Gasteiger charge is 2.48. The second kappa shape index (κ2) is 11.7. The minimum atomic E-state index is -0.450. The molecule has 14 heteroatoms. The molecule has 48 heavy (non-hydrogen) atoms. The van der Waals surface area contributed by atoms with Gasteiger partial charge in [0.2, 0.25) is 17.5 Å². The summed E-state index contributed by atoms with van der Waals surface area (Å²) in [7, 11) is 5.54. The number of methoxy groups -OCH3 is 1. The molecule has 2 aliphatic carbocycles. The number of aryl methyl sites for hydroxylation is 2. The summed E-state index contributed by atoms with van der Waals surface area (Å²) in [5, 5.41) is 15.4. The second-order valence-corrected chi connectivity index (χ2v) is 15.1. The summed E-state index contributed by atoms with van der Waals surface area (Å²) >= 11 is 1.52. The number of nitriles is 1. The summed E-state index contributed by atoms with van der Waals surface area (Å²) < 4.78 is 28.0. The Hall–Kier alpha value is -3.77. The maximum atomic E-state index is 13.9. The normalized spacial score (nSPS) is 27.8. The van der Waals surface area contributed by atoms with Crippen molar-refractivity contribution >= 4 is 27.5 Å². The van der Waals surface area contributed by atoms with Gasteiger partial charge in [-0.1, -0.05) is 5.16 Å². The predicted octanol–water partition coefficient (Wildman–Crippen LogP) is 4.10. The first-order valence-corrected chi connectivity index (χ1v) is 17.8. The van der Waals surface area contributed by atoms with E-state index in [4.69, 9.17) is 39.6 Å². The third-order valence-corrected chi connectivity index (χ3v) is 12.3. The van der Waals surface area contributed by atoms with E-state index in [9.17, 15) is 10.1 Å². The smallest absolute Gasteiger partial charge is 0.330 e. The first kappa shape index (κ1) is 31.5. The van der Waals surface area contributed by atoms with Gasteiger partial charge in [-0.15, -0.1) is 11.3 Å². The van der Waals surface area contributed by atoms with Crippen LogP contribution in [0.4, 0.5) is 5.00 Å². The highest BCUT2D eigenvalue weighted by Crippen LogP contribution is 2.54. The van der Waals surface area contributed by atoms with E-state index in [2.05, 4.69) is 18.0 Å². The Morgan fingerprint density at radius 3 is 2.73 bits per heavy atom. The SMILES string of the molecule is CO[C@H]1CCN(C)[C@@H]1[C@H](C)Oc1nc(-c2onc3c2CCC[C@@]32CCCc3sc(N)c(C#N)c32)nc2c1n(C)c(=O)n2[C@H]1CO[C@@H](C)C1. The average molecular weight is 675 g/mol. The van der Waals surface area contributed by atoms with Gasteiger partial charge in [0, 0.05) is 36.6 Å². The zero-order chi connectivity index (χ0) is 33.5. The van der Waals surface area contributed by atoms with Crippen molar-refractivity contribution in [1.82, 2.24) is 29.2 Å². The van der Waals surface area contributed by atoms with Crippen molar-refractivity contribution in [2.24, 2.45) is 7.05 Å². The molecule has 0 radical (unpaired) electrons. The fourth-order valence-electron chi connectivity index (χ4n) is 9.05. The van der Waals surface area contributed by atoms with Crippen LogP contribution >= 0.6 is 11.3 Å². The summed E-state index contributed by atoms with van der Waals surface area (Å²) in [6.45, 7) is 5.35. The molecule has 2 N–H and O–H groups in total. The average Bonchev–Trinajstić information content (AvgIpc) is 3.88. The van der Waals surface area contributed by atoms with Crippen LogP contribution in [-0.4, -0.2) is 80.8 Å². The molecule has 13 nitrogen and oxygen atoms in total. The molecule has 2 fully saturated rings. The van der Waals surface area contributed by atoms with Crippen LogP contribution in [0.2, 0.25) is 0 Å². The van der Waals surface area contributed by atoms with E-state index in [0.717, 1.165) is 68.3 Å². The van der Waals surface area contributed by atoms with Gasteiger partial charge < -0.3 is 24.5 Å². The zero-order valence-electron chi connectivity index (χ0n) is 28.1. The molecule has 1 spiro atoms. The van der Waals surface area contributed by atoms with Gasteiger partial charge in [-0.2, -0.15) is 10.2 Å². The number of rotatable bonds is 6. The zero-order valence-corrected chi connectivity index (χ0v) is 28.9. The van der Waals surface area contributed by atoms with E-state index in [1.165, 1.54) is 16.2 Å². The Morgan fingerprint density at radius 1 is 1.21 bits per heavy atom. The highest BCUT2D eigenvalue weighted by molar-refractivity contribution is 7.16. The van der Waals surface area contributed by atoms with Crippen LogP contribution in [0.25, 0.3) is 22.7 Å². The number of imidazole rings is 1. The van der Waals surface area contributed by atoms with E-state index in [-0.39, 0.29) is 36.1 Å². The van der Waals surface area contributed by atoms with Crippen molar-refractivity contribution in [3.8, 4) is 23.5 Å². The van der Waals surface area contributed by atoms with E-state index >= 15 is 0 Å². The lowest BCUT2D eigenvalue weighted by Crippen LogP contribution is -2.45. The lowest BCUT2D eigenvalue weighted by Gasteiger charge is -2.39. The number of hydrogen-bond acceptors (Lipinski definition) is 12. The van der Waals surface area contributed by atoms with Gasteiger partial charge >= 0.3 is 5.69 Å². The van der Waals surface area contributed by atoms with Gasteiger partial charge in [0.1, 0.15) is 17.2 Å². The van der Waals surface area contributed by atoms with Crippen LogP contribution in [0.15, 0.2) is 9.32 Å². The molecule has 0 bridgehead atoms. The third kappa shape index (κ3) is 4.58. The molecule has 4 aromatic rings. The number of likely N-dealkylation sites (N-methyl/N-ethyl adjacent to an activating group) is 1. The van der Waals surface area contributed by atoms with Gasteiger partial charge in [-0.25, -0.2) is 9.78 Å². The molecule has 254 valence electrons. The molecule has 0 unspecified atom stereocenters. The quantitative estimate of drug-likeness (QED) is 0.314. The molecule has 8 rings (SSSR count). The van der Waals surface area contributed by atoms with Crippen molar-refractivity contribution < 1.29 is 18.7 Å². The number of nitrogens with two attached hydrogens (primary N) is 1. The maximum absolute atomic E-state index is 13.9. The first-order valence-electron chi connectivity index (χ1n) is 17.0. The van der Waals surface area contributed by atoms with E-state index < -0.39 is 5.41 Å². The van der Waals surface area contributed by atoms with Crippen molar-refractivity contribution in [1.29, 1.82) is 5.26 Å². The Bertz CT molecular complexity index is 2000. The molecule has 0 saturated carbocycles. The van der Waals surface area contributed by atoms with Crippen LogP contribution in [0.3, 0.4) is 0 Å².